The fraction of sp³-hybridized carbons (Fsp3) is 0. The van der Waals surface area contributed by atoms with Crippen LogP contribution in [-0.2, 0) is 0 Å². The lowest BCUT2D eigenvalue weighted by atomic mass is 10.0. The van der Waals surface area contributed by atoms with Gasteiger partial charge in [0.15, 0.2) is 0 Å². The molecule has 4 aromatic heterocycles. The van der Waals surface area contributed by atoms with Gasteiger partial charge in [-0.25, -0.2) is 15.0 Å². The van der Waals surface area contributed by atoms with E-state index in [2.05, 4.69) is 148 Å². The molecule has 46 heavy (non-hydrogen) atoms. The zero-order chi connectivity index (χ0) is 30.2. The van der Waals surface area contributed by atoms with E-state index in [9.17, 15) is 0 Å². The van der Waals surface area contributed by atoms with Crippen LogP contribution in [0, 0.1) is 0 Å². The molecule has 0 aliphatic rings. The van der Waals surface area contributed by atoms with E-state index in [1.165, 1.54) is 10.8 Å². The summed E-state index contributed by atoms with van der Waals surface area (Å²) in [4.78, 5) is 15.6. The van der Waals surface area contributed by atoms with Gasteiger partial charge in [-0.15, -0.1) is 0 Å². The van der Waals surface area contributed by atoms with Crippen LogP contribution in [0.15, 0.2) is 152 Å². The third-order valence-electron chi connectivity index (χ3n) is 9.10. The van der Waals surface area contributed by atoms with Crippen LogP contribution in [0.4, 0.5) is 0 Å². The van der Waals surface area contributed by atoms with Crippen molar-refractivity contribution in [2.75, 3.05) is 0 Å². The number of fused-ring (bicyclic) bond motifs is 11. The molecule has 10 rings (SSSR count). The number of benzene rings is 6. The van der Waals surface area contributed by atoms with Crippen LogP contribution in [0.5, 0.6) is 0 Å². The quantitative estimate of drug-likeness (QED) is 0.193. The first-order valence-electron chi connectivity index (χ1n) is 15.5. The minimum absolute atomic E-state index is 0.637. The minimum atomic E-state index is 0.637. The standard InChI is InChI=1S/C41H25N5/c1-3-13-26(14-4-1)34-24-35(27-15-5-2-6-16-27)44-41(43-34)46-36-21-11-9-18-29(36)32-23-31-28-17-7-8-19-30(28)40-42-33-20-10-12-22-37(33)45(40)38(31)25-39(32)46/h1-25H. The molecule has 214 valence electrons. The van der Waals surface area contributed by atoms with Crippen molar-refractivity contribution in [3.05, 3.63) is 152 Å². The summed E-state index contributed by atoms with van der Waals surface area (Å²) < 4.78 is 4.54. The van der Waals surface area contributed by atoms with Crippen molar-refractivity contribution >= 4 is 60.2 Å². The van der Waals surface area contributed by atoms with Crippen molar-refractivity contribution in [2.45, 2.75) is 0 Å². The maximum absolute atomic E-state index is 5.24. The van der Waals surface area contributed by atoms with Gasteiger partial charge in [0.1, 0.15) is 5.65 Å². The van der Waals surface area contributed by atoms with Crippen molar-refractivity contribution in [2.24, 2.45) is 0 Å². The molecule has 4 heterocycles. The lowest BCUT2D eigenvalue weighted by Gasteiger charge is -2.13. The first-order valence-corrected chi connectivity index (χ1v) is 15.5. The van der Waals surface area contributed by atoms with E-state index in [0.717, 1.165) is 71.9 Å². The van der Waals surface area contributed by atoms with Crippen LogP contribution < -0.4 is 0 Å². The average molecular weight is 588 g/mol. The molecule has 10 aromatic rings. The summed E-state index contributed by atoms with van der Waals surface area (Å²) in [6, 6.07) is 53.0. The third kappa shape index (κ3) is 3.60. The Labute approximate surface area is 263 Å². The molecular formula is C41H25N5. The Morgan fingerprint density at radius 2 is 0.935 bits per heavy atom. The number of aromatic nitrogens is 5. The zero-order valence-corrected chi connectivity index (χ0v) is 24.7. The highest BCUT2D eigenvalue weighted by Gasteiger charge is 2.20. The molecule has 0 aliphatic heterocycles. The Kier molecular flexibility index (Phi) is 5.22. The number of hydrogen-bond acceptors (Lipinski definition) is 3. The normalized spacial score (nSPS) is 11.9. The molecule has 0 unspecified atom stereocenters. The maximum atomic E-state index is 5.24. The van der Waals surface area contributed by atoms with Crippen LogP contribution in [0.3, 0.4) is 0 Å². The van der Waals surface area contributed by atoms with Gasteiger partial charge in [0.05, 0.1) is 39.0 Å². The molecular weight excluding hydrogens is 562 g/mol. The number of para-hydroxylation sites is 3. The van der Waals surface area contributed by atoms with Crippen LogP contribution >= 0.6 is 0 Å². The predicted molar refractivity (Wildman–Crippen MR) is 189 cm³/mol. The smallest absolute Gasteiger partial charge is 0.235 e. The van der Waals surface area contributed by atoms with Crippen LogP contribution in [0.1, 0.15) is 0 Å². The topological polar surface area (TPSA) is 48.0 Å². The number of rotatable bonds is 3. The Balaban J connectivity index is 1.38. The minimum Gasteiger partial charge on any atom is -0.292 e. The molecule has 0 amide bonds. The van der Waals surface area contributed by atoms with Gasteiger partial charge in [-0.05, 0) is 41.8 Å². The van der Waals surface area contributed by atoms with Crippen molar-refractivity contribution < 1.29 is 0 Å². The molecule has 0 bridgehead atoms. The van der Waals surface area contributed by atoms with E-state index >= 15 is 0 Å². The van der Waals surface area contributed by atoms with Gasteiger partial charge in [-0.1, -0.05) is 115 Å². The van der Waals surface area contributed by atoms with E-state index in [0.29, 0.717) is 5.95 Å². The van der Waals surface area contributed by atoms with Gasteiger partial charge in [-0.2, -0.15) is 0 Å². The van der Waals surface area contributed by atoms with Crippen molar-refractivity contribution in [1.82, 2.24) is 23.9 Å². The fourth-order valence-electron chi connectivity index (χ4n) is 7.03. The van der Waals surface area contributed by atoms with E-state index in [1.807, 2.05) is 12.1 Å². The molecule has 6 aromatic carbocycles. The summed E-state index contributed by atoms with van der Waals surface area (Å²) in [5, 5.41) is 5.83. The third-order valence-corrected chi connectivity index (χ3v) is 9.10. The molecule has 0 atom stereocenters. The molecule has 0 radical (unpaired) electrons. The van der Waals surface area contributed by atoms with Gasteiger partial charge in [0, 0.05) is 32.7 Å². The lowest BCUT2D eigenvalue weighted by Crippen LogP contribution is -2.04. The second kappa shape index (κ2) is 9.58. The second-order valence-electron chi connectivity index (χ2n) is 11.7. The first-order chi connectivity index (χ1) is 22.8. The lowest BCUT2D eigenvalue weighted by molar-refractivity contribution is 0.996. The van der Waals surface area contributed by atoms with Crippen molar-refractivity contribution in [3.63, 3.8) is 0 Å². The molecule has 5 heteroatoms. The molecule has 0 saturated carbocycles. The largest absolute Gasteiger partial charge is 0.292 e. The van der Waals surface area contributed by atoms with Gasteiger partial charge >= 0.3 is 0 Å². The molecule has 0 N–H and O–H groups in total. The Bertz CT molecular complexity index is 2740. The predicted octanol–water partition coefficient (Wildman–Crippen LogP) is 10.0. The summed E-state index contributed by atoms with van der Waals surface area (Å²) in [5.74, 6) is 0.637. The van der Waals surface area contributed by atoms with Crippen LogP contribution in [0.2, 0.25) is 0 Å². The van der Waals surface area contributed by atoms with Gasteiger partial charge in [0.2, 0.25) is 5.95 Å². The molecule has 5 nitrogen and oxygen atoms in total. The average Bonchev–Trinajstić information content (AvgIpc) is 3.68. The number of pyridine rings is 1. The van der Waals surface area contributed by atoms with Crippen molar-refractivity contribution in [1.29, 1.82) is 0 Å². The van der Waals surface area contributed by atoms with E-state index in [4.69, 9.17) is 15.0 Å². The second-order valence-corrected chi connectivity index (χ2v) is 11.7. The maximum Gasteiger partial charge on any atom is 0.235 e. The monoisotopic (exact) mass is 587 g/mol. The molecule has 0 aliphatic carbocycles. The van der Waals surface area contributed by atoms with E-state index in [-0.39, 0.29) is 0 Å². The molecule has 0 spiro atoms. The highest BCUT2D eigenvalue weighted by Crippen LogP contribution is 2.39. The molecule has 0 saturated heterocycles. The summed E-state index contributed by atoms with van der Waals surface area (Å²) in [6.45, 7) is 0. The van der Waals surface area contributed by atoms with Crippen LogP contribution in [0.25, 0.3) is 88.6 Å². The highest BCUT2D eigenvalue weighted by atomic mass is 15.2. The summed E-state index contributed by atoms with van der Waals surface area (Å²) in [5.41, 5.74) is 10.1. The fourth-order valence-corrected chi connectivity index (χ4v) is 7.03. The van der Waals surface area contributed by atoms with Gasteiger partial charge in [0.25, 0.3) is 0 Å². The Morgan fingerprint density at radius 1 is 0.370 bits per heavy atom. The Morgan fingerprint density at radius 3 is 1.65 bits per heavy atom. The van der Waals surface area contributed by atoms with E-state index < -0.39 is 0 Å². The Hall–Kier alpha value is -6.33. The molecule has 0 fully saturated rings. The first kappa shape index (κ1) is 25.0. The SMILES string of the molecule is c1ccc(-c2cc(-c3ccccc3)nc(-n3c4ccccc4c4cc5c6ccccc6c6nc7ccccc7n6c5cc43)n2)cc1. The van der Waals surface area contributed by atoms with Gasteiger partial charge < -0.3 is 0 Å². The zero-order valence-electron chi connectivity index (χ0n) is 24.7. The summed E-state index contributed by atoms with van der Waals surface area (Å²) in [7, 11) is 0. The summed E-state index contributed by atoms with van der Waals surface area (Å²) >= 11 is 0. The van der Waals surface area contributed by atoms with Gasteiger partial charge in [-0.3, -0.25) is 8.97 Å². The van der Waals surface area contributed by atoms with E-state index in [1.54, 1.807) is 0 Å². The number of nitrogens with zero attached hydrogens (tertiary/aromatic N) is 5. The number of hydrogen-bond donors (Lipinski definition) is 0. The summed E-state index contributed by atoms with van der Waals surface area (Å²) in [6.07, 6.45) is 0. The highest BCUT2D eigenvalue weighted by molar-refractivity contribution is 6.20. The van der Waals surface area contributed by atoms with Crippen LogP contribution in [-0.4, -0.2) is 23.9 Å². The number of imidazole rings is 1. The van der Waals surface area contributed by atoms with Crippen molar-refractivity contribution in [3.8, 4) is 28.5 Å².